The number of sulfonamides is 1. The molecule has 1 aromatic rings. The minimum atomic E-state index is -4.01. The van der Waals surface area contributed by atoms with Crippen LogP contribution in [0.4, 0.5) is 0 Å². The molecule has 0 saturated carbocycles. The SMILES string of the molecule is CN1C(=O)CCC(NS(=O)(=O)c2ccccc2C#N)C1=O. The van der Waals surface area contributed by atoms with E-state index in [1.807, 2.05) is 0 Å². The highest BCUT2D eigenvalue weighted by Crippen LogP contribution is 2.18. The van der Waals surface area contributed by atoms with E-state index in [0.29, 0.717) is 0 Å². The summed E-state index contributed by atoms with van der Waals surface area (Å²) in [6.07, 6.45) is 0.200. The number of nitrogens with one attached hydrogen (secondary N) is 1. The fraction of sp³-hybridized carbons (Fsp3) is 0.308. The number of carbonyl (C=O) groups excluding carboxylic acids is 2. The van der Waals surface area contributed by atoms with Gasteiger partial charge in [0, 0.05) is 13.5 Å². The first-order valence-corrected chi connectivity index (χ1v) is 7.67. The standard InChI is InChI=1S/C13H13N3O4S/c1-16-12(17)7-6-10(13(16)18)15-21(19,20)11-5-3-2-4-9(11)8-14/h2-5,10,15H,6-7H2,1H3. The van der Waals surface area contributed by atoms with Gasteiger partial charge in [-0.15, -0.1) is 0 Å². The topological polar surface area (TPSA) is 107 Å². The number of hydrogen-bond donors (Lipinski definition) is 1. The van der Waals surface area contributed by atoms with Crippen LogP contribution in [0.25, 0.3) is 0 Å². The number of carbonyl (C=O) groups is 2. The van der Waals surface area contributed by atoms with E-state index in [1.54, 1.807) is 12.1 Å². The van der Waals surface area contributed by atoms with Crippen molar-refractivity contribution in [2.45, 2.75) is 23.8 Å². The predicted octanol–water partition coefficient (Wildman–Crippen LogP) is -0.0160. The van der Waals surface area contributed by atoms with E-state index < -0.39 is 22.0 Å². The minimum Gasteiger partial charge on any atom is -0.284 e. The van der Waals surface area contributed by atoms with Crippen molar-refractivity contribution < 1.29 is 18.0 Å². The summed E-state index contributed by atoms with van der Waals surface area (Å²) in [5.41, 5.74) is -0.00214. The Morgan fingerprint density at radius 1 is 1.33 bits per heavy atom. The number of nitrogens with zero attached hydrogens (tertiary/aromatic N) is 2. The van der Waals surface area contributed by atoms with Gasteiger partial charge in [0.25, 0.3) is 0 Å². The molecule has 0 bridgehead atoms. The molecular formula is C13H13N3O4S. The molecule has 0 aromatic heterocycles. The molecule has 1 aliphatic heterocycles. The van der Waals surface area contributed by atoms with Gasteiger partial charge in [-0.1, -0.05) is 12.1 Å². The van der Waals surface area contributed by atoms with Crippen molar-refractivity contribution in [1.29, 1.82) is 5.26 Å². The van der Waals surface area contributed by atoms with E-state index in [4.69, 9.17) is 5.26 Å². The highest BCUT2D eigenvalue weighted by Gasteiger charge is 2.35. The number of benzene rings is 1. The summed E-state index contributed by atoms with van der Waals surface area (Å²) < 4.78 is 26.9. The molecule has 2 amide bonds. The zero-order chi connectivity index (χ0) is 15.6. The summed E-state index contributed by atoms with van der Waals surface area (Å²) in [5, 5.41) is 8.95. The van der Waals surface area contributed by atoms with Crippen LogP contribution < -0.4 is 4.72 Å². The molecule has 0 radical (unpaired) electrons. The number of imide groups is 1. The third kappa shape index (κ3) is 2.94. The molecule has 0 spiro atoms. The van der Waals surface area contributed by atoms with Gasteiger partial charge in [-0.05, 0) is 18.6 Å². The van der Waals surface area contributed by atoms with Crippen LogP contribution in [0.1, 0.15) is 18.4 Å². The lowest BCUT2D eigenvalue weighted by Crippen LogP contribution is -2.52. The van der Waals surface area contributed by atoms with Gasteiger partial charge in [0.05, 0.1) is 10.5 Å². The van der Waals surface area contributed by atoms with Gasteiger partial charge in [0.2, 0.25) is 21.8 Å². The zero-order valence-electron chi connectivity index (χ0n) is 11.2. The maximum absolute atomic E-state index is 12.3. The second-order valence-electron chi connectivity index (χ2n) is 4.61. The molecule has 1 atom stereocenters. The fourth-order valence-electron chi connectivity index (χ4n) is 2.07. The Morgan fingerprint density at radius 3 is 2.67 bits per heavy atom. The van der Waals surface area contributed by atoms with Crippen LogP contribution >= 0.6 is 0 Å². The molecule has 1 unspecified atom stereocenters. The molecule has 8 heteroatoms. The highest BCUT2D eigenvalue weighted by molar-refractivity contribution is 7.89. The van der Waals surface area contributed by atoms with Crippen molar-refractivity contribution in [3.63, 3.8) is 0 Å². The van der Waals surface area contributed by atoms with E-state index in [-0.39, 0.29) is 29.2 Å². The molecule has 0 aliphatic carbocycles. The number of likely N-dealkylation sites (N-methyl/N-ethyl adjacent to an activating group) is 1. The molecule has 1 saturated heterocycles. The van der Waals surface area contributed by atoms with E-state index in [1.165, 1.54) is 25.2 Å². The van der Waals surface area contributed by atoms with Gasteiger partial charge in [-0.3, -0.25) is 14.5 Å². The van der Waals surface area contributed by atoms with Crippen LogP contribution in [0.3, 0.4) is 0 Å². The van der Waals surface area contributed by atoms with Gasteiger partial charge in [0.1, 0.15) is 12.1 Å². The number of nitriles is 1. The summed E-state index contributed by atoms with van der Waals surface area (Å²) in [7, 11) is -2.69. The monoisotopic (exact) mass is 307 g/mol. The largest absolute Gasteiger partial charge is 0.284 e. The summed E-state index contributed by atoms with van der Waals surface area (Å²) in [5.74, 6) is -0.933. The van der Waals surface area contributed by atoms with Crippen molar-refractivity contribution in [2.24, 2.45) is 0 Å². The molecular weight excluding hydrogens is 294 g/mol. The van der Waals surface area contributed by atoms with Gasteiger partial charge in [0.15, 0.2) is 0 Å². The highest BCUT2D eigenvalue weighted by atomic mass is 32.2. The Hall–Kier alpha value is -2.24. The van der Waals surface area contributed by atoms with E-state index in [2.05, 4.69) is 4.72 Å². The molecule has 2 rings (SSSR count). The summed E-state index contributed by atoms with van der Waals surface area (Å²) >= 11 is 0. The molecule has 1 N–H and O–H groups in total. The first-order valence-electron chi connectivity index (χ1n) is 6.18. The van der Waals surface area contributed by atoms with Crippen LogP contribution in [-0.4, -0.2) is 38.2 Å². The van der Waals surface area contributed by atoms with Crippen molar-refractivity contribution >= 4 is 21.8 Å². The van der Waals surface area contributed by atoms with Crippen LogP contribution in [-0.2, 0) is 19.6 Å². The Bertz CT molecular complexity index is 736. The van der Waals surface area contributed by atoms with Crippen LogP contribution in [0.5, 0.6) is 0 Å². The average molecular weight is 307 g/mol. The molecule has 1 aliphatic rings. The average Bonchev–Trinajstić information content (AvgIpc) is 2.48. The van der Waals surface area contributed by atoms with Crippen LogP contribution in [0, 0.1) is 11.3 Å². The van der Waals surface area contributed by atoms with Gasteiger partial charge < -0.3 is 0 Å². The molecule has 110 valence electrons. The maximum atomic E-state index is 12.3. The maximum Gasteiger partial charge on any atom is 0.247 e. The predicted molar refractivity (Wildman–Crippen MR) is 72.3 cm³/mol. The van der Waals surface area contributed by atoms with Crippen molar-refractivity contribution in [3.05, 3.63) is 29.8 Å². The first-order chi connectivity index (χ1) is 9.86. The number of piperidine rings is 1. The lowest BCUT2D eigenvalue weighted by molar-refractivity contribution is -0.147. The van der Waals surface area contributed by atoms with Crippen LogP contribution in [0.15, 0.2) is 29.2 Å². The van der Waals surface area contributed by atoms with Crippen molar-refractivity contribution in [1.82, 2.24) is 9.62 Å². The smallest absolute Gasteiger partial charge is 0.247 e. The number of rotatable bonds is 3. The van der Waals surface area contributed by atoms with Gasteiger partial charge in [-0.25, -0.2) is 8.42 Å². The summed E-state index contributed by atoms with van der Waals surface area (Å²) in [6.45, 7) is 0. The Labute approximate surface area is 122 Å². The fourth-order valence-corrected chi connectivity index (χ4v) is 3.45. The molecule has 1 heterocycles. The summed E-state index contributed by atoms with van der Waals surface area (Å²) in [4.78, 5) is 24.0. The second-order valence-corrected chi connectivity index (χ2v) is 6.29. The number of likely N-dealkylation sites (tertiary alicyclic amines) is 1. The third-order valence-electron chi connectivity index (χ3n) is 3.24. The van der Waals surface area contributed by atoms with Crippen molar-refractivity contribution in [3.8, 4) is 6.07 Å². The van der Waals surface area contributed by atoms with E-state index in [9.17, 15) is 18.0 Å². The summed E-state index contributed by atoms with van der Waals surface area (Å²) in [6, 6.07) is 6.52. The van der Waals surface area contributed by atoms with Gasteiger partial charge >= 0.3 is 0 Å². The minimum absolute atomic E-state index is 0.00214. The molecule has 1 fully saturated rings. The van der Waals surface area contributed by atoms with Crippen molar-refractivity contribution in [2.75, 3.05) is 7.05 Å². The lowest BCUT2D eigenvalue weighted by Gasteiger charge is -2.28. The second kappa shape index (κ2) is 5.63. The number of amides is 2. The Morgan fingerprint density at radius 2 is 2.00 bits per heavy atom. The normalized spacial score (nSPS) is 19.4. The van der Waals surface area contributed by atoms with Crippen LogP contribution in [0.2, 0.25) is 0 Å². The zero-order valence-corrected chi connectivity index (χ0v) is 12.1. The van der Waals surface area contributed by atoms with E-state index >= 15 is 0 Å². The first kappa shape index (κ1) is 15.2. The Kier molecular flexibility index (Phi) is 4.06. The molecule has 7 nitrogen and oxygen atoms in total. The Balaban J connectivity index is 2.28. The quantitative estimate of drug-likeness (QED) is 0.790. The third-order valence-corrected chi connectivity index (χ3v) is 4.77. The van der Waals surface area contributed by atoms with Gasteiger partial charge in [-0.2, -0.15) is 9.98 Å². The van der Waals surface area contributed by atoms with E-state index in [0.717, 1.165) is 4.90 Å². The molecule has 21 heavy (non-hydrogen) atoms. The molecule has 1 aromatic carbocycles. The number of hydrogen-bond acceptors (Lipinski definition) is 5. The lowest BCUT2D eigenvalue weighted by atomic mass is 10.1.